The SMILES string of the molecule is CCOc1ccc(CC(=O)O)cc1-c1ccc(F)c2c1CN(OC(=O)OCc1cc(F)ccc1F)CC2. The van der Waals surface area contributed by atoms with Crippen molar-refractivity contribution in [2.45, 2.75) is 32.9 Å². The first-order chi connectivity index (χ1) is 17.7. The van der Waals surface area contributed by atoms with Gasteiger partial charge in [-0.05, 0) is 72.0 Å². The summed E-state index contributed by atoms with van der Waals surface area (Å²) in [6.07, 6.45) is -1.10. The number of halogens is 3. The van der Waals surface area contributed by atoms with Crippen LogP contribution in [0.3, 0.4) is 0 Å². The standard InChI is InChI=1S/C27H24F3NO6/c1-2-35-25-8-3-16(12-26(32)33)11-21(25)19-5-7-24(30)20-9-10-31(14-22(19)20)37-27(34)36-15-17-13-18(28)4-6-23(17)29/h3-8,11,13H,2,9-10,12,14-15H2,1H3,(H,32,33). The molecule has 194 valence electrons. The van der Waals surface area contributed by atoms with Crippen LogP contribution in [0.1, 0.15) is 29.2 Å². The molecule has 0 aromatic heterocycles. The van der Waals surface area contributed by atoms with E-state index in [2.05, 4.69) is 0 Å². The number of hydroxylamine groups is 2. The maximum atomic E-state index is 14.7. The van der Waals surface area contributed by atoms with Gasteiger partial charge in [0.2, 0.25) is 0 Å². The van der Waals surface area contributed by atoms with Crippen molar-refractivity contribution in [2.24, 2.45) is 0 Å². The topological polar surface area (TPSA) is 85.3 Å². The van der Waals surface area contributed by atoms with Crippen molar-refractivity contribution < 1.29 is 42.2 Å². The van der Waals surface area contributed by atoms with Crippen LogP contribution in [0.15, 0.2) is 48.5 Å². The lowest BCUT2D eigenvalue weighted by atomic mass is 9.90. The lowest BCUT2D eigenvalue weighted by Gasteiger charge is -2.29. The predicted molar refractivity (Wildman–Crippen MR) is 126 cm³/mol. The van der Waals surface area contributed by atoms with Crippen molar-refractivity contribution in [1.29, 1.82) is 0 Å². The summed E-state index contributed by atoms with van der Waals surface area (Å²) >= 11 is 0. The quantitative estimate of drug-likeness (QED) is 0.401. The first-order valence-electron chi connectivity index (χ1n) is 11.6. The fraction of sp³-hybridized carbons (Fsp3) is 0.259. The van der Waals surface area contributed by atoms with Gasteiger partial charge < -0.3 is 19.4 Å². The molecule has 3 aromatic rings. The van der Waals surface area contributed by atoms with Crippen molar-refractivity contribution in [3.63, 3.8) is 0 Å². The van der Waals surface area contributed by atoms with E-state index in [9.17, 15) is 27.9 Å². The molecule has 0 radical (unpaired) electrons. The van der Waals surface area contributed by atoms with Gasteiger partial charge >= 0.3 is 12.1 Å². The molecular formula is C27H24F3NO6. The van der Waals surface area contributed by atoms with Crippen LogP contribution in [0.2, 0.25) is 0 Å². The molecule has 3 aromatic carbocycles. The number of nitrogens with zero attached hydrogens (tertiary/aromatic N) is 1. The van der Waals surface area contributed by atoms with Crippen molar-refractivity contribution in [2.75, 3.05) is 13.2 Å². The molecule has 0 aliphatic carbocycles. The Hall–Kier alpha value is -4.05. The van der Waals surface area contributed by atoms with Gasteiger partial charge in [0.25, 0.3) is 0 Å². The highest BCUT2D eigenvalue weighted by molar-refractivity contribution is 5.77. The highest BCUT2D eigenvalue weighted by Crippen LogP contribution is 2.38. The second-order valence-corrected chi connectivity index (χ2v) is 8.37. The van der Waals surface area contributed by atoms with Gasteiger partial charge in [-0.2, -0.15) is 0 Å². The molecule has 0 spiro atoms. The average molecular weight is 515 g/mol. The number of carbonyl (C=O) groups is 2. The zero-order valence-corrected chi connectivity index (χ0v) is 19.9. The maximum absolute atomic E-state index is 14.7. The summed E-state index contributed by atoms with van der Waals surface area (Å²) in [5.41, 5.74) is 2.58. The molecular weight excluding hydrogens is 491 g/mol. The van der Waals surface area contributed by atoms with Crippen LogP contribution >= 0.6 is 0 Å². The molecule has 0 fully saturated rings. The van der Waals surface area contributed by atoms with E-state index in [1.165, 1.54) is 11.1 Å². The van der Waals surface area contributed by atoms with E-state index in [0.717, 1.165) is 18.2 Å². The third-order valence-corrected chi connectivity index (χ3v) is 5.87. The van der Waals surface area contributed by atoms with Crippen LogP contribution in [0.25, 0.3) is 11.1 Å². The molecule has 1 heterocycles. The third-order valence-electron chi connectivity index (χ3n) is 5.87. The fourth-order valence-corrected chi connectivity index (χ4v) is 4.21. The number of hydrogen-bond donors (Lipinski definition) is 1. The number of rotatable bonds is 8. The minimum Gasteiger partial charge on any atom is -0.493 e. The number of ether oxygens (including phenoxy) is 2. The molecule has 1 N–H and O–H groups in total. The average Bonchev–Trinajstić information content (AvgIpc) is 2.86. The van der Waals surface area contributed by atoms with Gasteiger partial charge in [-0.15, -0.1) is 5.06 Å². The second kappa shape index (κ2) is 11.3. The van der Waals surface area contributed by atoms with Crippen LogP contribution < -0.4 is 4.74 Å². The normalized spacial score (nSPS) is 13.1. The van der Waals surface area contributed by atoms with Gasteiger partial charge in [0.1, 0.15) is 29.8 Å². The van der Waals surface area contributed by atoms with Gasteiger partial charge in [-0.1, -0.05) is 12.1 Å². The first kappa shape index (κ1) is 26.0. The lowest BCUT2D eigenvalue weighted by Crippen LogP contribution is -2.34. The van der Waals surface area contributed by atoms with E-state index in [1.54, 1.807) is 24.3 Å². The van der Waals surface area contributed by atoms with Crippen molar-refractivity contribution in [3.8, 4) is 16.9 Å². The van der Waals surface area contributed by atoms with E-state index in [1.807, 2.05) is 6.92 Å². The number of fused-ring (bicyclic) bond motifs is 1. The number of aliphatic carboxylic acids is 1. The molecule has 0 saturated carbocycles. The highest BCUT2D eigenvalue weighted by Gasteiger charge is 2.27. The number of hydrogen-bond acceptors (Lipinski definition) is 6. The smallest absolute Gasteiger partial charge is 0.493 e. The number of carboxylic acid groups (broad SMARTS) is 1. The van der Waals surface area contributed by atoms with Gasteiger partial charge in [-0.3, -0.25) is 4.79 Å². The summed E-state index contributed by atoms with van der Waals surface area (Å²) in [6.45, 7) is 1.84. The highest BCUT2D eigenvalue weighted by atomic mass is 19.1. The molecule has 37 heavy (non-hydrogen) atoms. The zero-order chi connectivity index (χ0) is 26.5. The molecule has 0 atom stereocenters. The monoisotopic (exact) mass is 515 g/mol. The molecule has 4 rings (SSSR count). The van der Waals surface area contributed by atoms with Gasteiger partial charge in [-0.25, -0.2) is 18.0 Å². The molecule has 10 heteroatoms. The zero-order valence-electron chi connectivity index (χ0n) is 19.9. The third kappa shape index (κ3) is 6.21. The lowest BCUT2D eigenvalue weighted by molar-refractivity contribution is -0.139. The largest absolute Gasteiger partial charge is 0.528 e. The number of carboxylic acids is 1. The van der Waals surface area contributed by atoms with Gasteiger partial charge in [0.05, 0.1) is 19.6 Å². The summed E-state index contributed by atoms with van der Waals surface area (Å²) < 4.78 is 52.5. The molecule has 7 nitrogen and oxygen atoms in total. The van der Waals surface area contributed by atoms with E-state index >= 15 is 0 Å². The first-order valence-corrected chi connectivity index (χ1v) is 11.6. The Morgan fingerprint density at radius 2 is 1.76 bits per heavy atom. The summed E-state index contributed by atoms with van der Waals surface area (Å²) in [5.74, 6) is -2.31. The molecule has 1 aliphatic rings. The Kier molecular flexibility index (Phi) is 7.98. The summed E-state index contributed by atoms with van der Waals surface area (Å²) in [6, 6.07) is 10.7. The summed E-state index contributed by atoms with van der Waals surface area (Å²) in [5, 5.41) is 10.5. The molecule has 0 saturated heterocycles. The van der Waals surface area contributed by atoms with E-state index < -0.39 is 36.2 Å². The van der Waals surface area contributed by atoms with E-state index in [4.69, 9.17) is 14.3 Å². The summed E-state index contributed by atoms with van der Waals surface area (Å²) in [7, 11) is 0. The van der Waals surface area contributed by atoms with Crippen LogP contribution in [0.4, 0.5) is 18.0 Å². The van der Waals surface area contributed by atoms with Crippen LogP contribution in [0.5, 0.6) is 5.75 Å². The van der Waals surface area contributed by atoms with Gasteiger partial charge in [0, 0.05) is 17.7 Å². The Balaban J connectivity index is 1.56. The molecule has 1 aliphatic heterocycles. The summed E-state index contributed by atoms with van der Waals surface area (Å²) in [4.78, 5) is 28.7. The Morgan fingerprint density at radius 3 is 2.51 bits per heavy atom. The molecule has 0 bridgehead atoms. The minimum absolute atomic E-state index is 0.0145. The van der Waals surface area contributed by atoms with Crippen LogP contribution in [-0.2, 0) is 40.4 Å². The van der Waals surface area contributed by atoms with E-state index in [0.29, 0.717) is 40.2 Å². The molecule has 0 unspecified atom stereocenters. The van der Waals surface area contributed by atoms with Gasteiger partial charge in [0.15, 0.2) is 0 Å². The van der Waals surface area contributed by atoms with Crippen molar-refractivity contribution >= 4 is 12.1 Å². The predicted octanol–water partition coefficient (Wildman–Crippen LogP) is 5.42. The molecule has 0 amide bonds. The number of carbonyl (C=O) groups excluding carboxylic acids is 1. The number of benzene rings is 3. The van der Waals surface area contributed by atoms with Crippen LogP contribution in [0, 0.1) is 17.5 Å². The Labute approximate surface area is 210 Å². The Bertz CT molecular complexity index is 1330. The van der Waals surface area contributed by atoms with Crippen molar-refractivity contribution in [1.82, 2.24) is 5.06 Å². The van der Waals surface area contributed by atoms with Crippen LogP contribution in [-0.4, -0.2) is 35.4 Å². The van der Waals surface area contributed by atoms with Crippen molar-refractivity contribution in [3.05, 3.63) is 88.2 Å². The fourth-order valence-electron chi connectivity index (χ4n) is 4.21. The minimum atomic E-state index is -1.12. The maximum Gasteiger partial charge on any atom is 0.528 e. The Morgan fingerprint density at radius 1 is 0.973 bits per heavy atom. The van der Waals surface area contributed by atoms with E-state index in [-0.39, 0.29) is 31.5 Å². The second-order valence-electron chi connectivity index (χ2n) is 8.37.